The molecule has 2 atom stereocenters. The van der Waals surface area contributed by atoms with E-state index in [9.17, 15) is 18.0 Å². The van der Waals surface area contributed by atoms with Crippen LogP contribution in [0.1, 0.15) is 19.8 Å². The number of carbonyl (C=O) groups is 1. The highest BCUT2D eigenvalue weighted by Crippen LogP contribution is 2.34. The first-order chi connectivity index (χ1) is 13.3. The second-order valence-electron chi connectivity index (χ2n) is 6.69. The normalized spacial score (nSPS) is 24.5. The van der Waals surface area contributed by atoms with E-state index in [4.69, 9.17) is 0 Å². The molecule has 0 bridgehead atoms. The second-order valence-corrected chi connectivity index (χ2v) is 6.69. The molecule has 0 saturated carbocycles. The number of carbonyl (C=O) groups excluding carboxylic acids is 1. The van der Waals surface area contributed by atoms with Gasteiger partial charge in [0.25, 0.3) is 5.91 Å². The summed E-state index contributed by atoms with van der Waals surface area (Å²) in [7, 11) is 0. The zero-order valence-electron chi connectivity index (χ0n) is 14.9. The number of nitrogens with one attached hydrogen (secondary N) is 2. The van der Waals surface area contributed by atoms with Crippen molar-refractivity contribution in [3.8, 4) is 0 Å². The molecular weight excluding hydrogens is 375 g/mol. The number of rotatable bonds is 2. The quantitative estimate of drug-likeness (QED) is 0.797. The van der Waals surface area contributed by atoms with Crippen molar-refractivity contribution >= 4 is 17.6 Å². The van der Waals surface area contributed by atoms with Crippen LogP contribution in [0.5, 0.6) is 0 Å². The van der Waals surface area contributed by atoms with Crippen LogP contribution in [0.4, 0.5) is 19.0 Å². The molecule has 0 aliphatic carbocycles. The third-order valence-electron chi connectivity index (χ3n) is 4.82. The number of hydrazine groups is 1. The smallest absolute Gasteiger partial charge is 0.344 e. The van der Waals surface area contributed by atoms with Crippen LogP contribution >= 0.6 is 0 Å². The van der Waals surface area contributed by atoms with Crippen molar-refractivity contribution in [2.45, 2.75) is 38.0 Å². The fraction of sp³-hybridized carbons (Fsp3) is 0.412. The van der Waals surface area contributed by atoms with Crippen LogP contribution in [0.15, 0.2) is 47.3 Å². The minimum absolute atomic E-state index is 0.0365. The Morgan fingerprint density at radius 3 is 2.93 bits per heavy atom. The first-order valence-corrected chi connectivity index (χ1v) is 8.82. The number of alkyl halides is 3. The van der Waals surface area contributed by atoms with Gasteiger partial charge in [-0.2, -0.15) is 13.2 Å². The molecule has 0 radical (unpaired) electrons. The van der Waals surface area contributed by atoms with Gasteiger partial charge < -0.3 is 10.2 Å². The summed E-state index contributed by atoms with van der Waals surface area (Å²) in [4.78, 5) is 26.1. The summed E-state index contributed by atoms with van der Waals surface area (Å²) in [6, 6.07) is -0.392. The maximum Gasteiger partial charge on any atom is 0.408 e. The summed E-state index contributed by atoms with van der Waals surface area (Å²) in [5, 5.41) is 4.21. The Labute approximate surface area is 158 Å². The minimum Gasteiger partial charge on any atom is -0.344 e. The number of fused-ring (bicyclic) bond motifs is 1. The van der Waals surface area contributed by atoms with Gasteiger partial charge in [0.2, 0.25) is 0 Å². The molecule has 8 nitrogen and oxygen atoms in total. The summed E-state index contributed by atoms with van der Waals surface area (Å²) >= 11 is 0. The van der Waals surface area contributed by atoms with Gasteiger partial charge in [-0.1, -0.05) is 0 Å². The molecule has 1 fully saturated rings. The van der Waals surface area contributed by atoms with Gasteiger partial charge in [0.15, 0.2) is 5.82 Å². The second kappa shape index (κ2) is 6.89. The van der Waals surface area contributed by atoms with E-state index >= 15 is 0 Å². The summed E-state index contributed by atoms with van der Waals surface area (Å²) < 4.78 is 39.9. The fourth-order valence-electron chi connectivity index (χ4n) is 3.56. The highest BCUT2D eigenvalue weighted by molar-refractivity contribution is 6.05. The number of nitrogens with zero attached hydrogens (tertiary/aromatic N) is 5. The monoisotopic (exact) mass is 393 g/mol. The maximum absolute atomic E-state index is 13.3. The highest BCUT2D eigenvalue weighted by Gasteiger charge is 2.47. The predicted molar refractivity (Wildman–Crippen MR) is 94.5 cm³/mol. The number of aliphatic imine (C=N–C) groups is 1. The Morgan fingerprint density at radius 2 is 2.21 bits per heavy atom. The van der Waals surface area contributed by atoms with Gasteiger partial charge in [0, 0.05) is 18.9 Å². The maximum atomic E-state index is 13.3. The molecule has 4 heterocycles. The summed E-state index contributed by atoms with van der Waals surface area (Å²) in [6.07, 6.45) is 2.06. The molecule has 0 spiro atoms. The lowest BCUT2D eigenvalue weighted by Crippen LogP contribution is -2.45. The molecule has 28 heavy (non-hydrogen) atoms. The van der Waals surface area contributed by atoms with Crippen molar-refractivity contribution in [3.63, 3.8) is 0 Å². The summed E-state index contributed by atoms with van der Waals surface area (Å²) in [6.45, 7) is 2.05. The fourth-order valence-corrected chi connectivity index (χ4v) is 3.56. The first kappa shape index (κ1) is 18.4. The molecule has 1 saturated heterocycles. The summed E-state index contributed by atoms with van der Waals surface area (Å²) in [5.74, 6) is 0.382. The van der Waals surface area contributed by atoms with Crippen molar-refractivity contribution in [1.29, 1.82) is 0 Å². The largest absolute Gasteiger partial charge is 0.408 e. The lowest BCUT2D eigenvalue weighted by Gasteiger charge is -2.30. The van der Waals surface area contributed by atoms with Crippen LogP contribution in [0.3, 0.4) is 0 Å². The molecular formula is C17H18F3N7O. The first-order valence-electron chi connectivity index (χ1n) is 8.82. The van der Waals surface area contributed by atoms with Crippen LogP contribution in [0, 0.1) is 0 Å². The Hall–Kier alpha value is -2.95. The van der Waals surface area contributed by atoms with Crippen molar-refractivity contribution in [3.05, 3.63) is 42.3 Å². The molecule has 0 aromatic carbocycles. The molecule has 3 aliphatic heterocycles. The van der Waals surface area contributed by atoms with Gasteiger partial charge >= 0.3 is 6.18 Å². The number of amidine groups is 1. The molecule has 1 aromatic heterocycles. The van der Waals surface area contributed by atoms with E-state index in [1.54, 1.807) is 24.2 Å². The van der Waals surface area contributed by atoms with E-state index in [1.165, 1.54) is 23.5 Å². The van der Waals surface area contributed by atoms with Gasteiger partial charge in [0.05, 0.1) is 11.6 Å². The molecule has 11 heteroatoms. The van der Waals surface area contributed by atoms with Crippen LogP contribution in [-0.2, 0) is 4.79 Å². The van der Waals surface area contributed by atoms with Gasteiger partial charge in [-0.3, -0.25) is 9.80 Å². The third kappa shape index (κ3) is 3.33. The van der Waals surface area contributed by atoms with Crippen molar-refractivity contribution in [2.75, 3.05) is 11.9 Å². The molecule has 1 amide bonds. The number of hydrogen-bond donors (Lipinski definition) is 2. The third-order valence-corrected chi connectivity index (χ3v) is 4.82. The van der Waals surface area contributed by atoms with Crippen molar-refractivity contribution < 1.29 is 18.0 Å². The Bertz CT molecular complexity index is 865. The molecule has 1 aromatic rings. The molecule has 2 unspecified atom stereocenters. The predicted octanol–water partition coefficient (Wildman–Crippen LogP) is 1.79. The Balaban J connectivity index is 1.64. The number of halogens is 3. The molecule has 148 valence electrons. The SMILES string of the molecule is CC1NN2C=CC(N3CCCC3C(F)(F)F)=NC2=C1C(=O)Nc1ccncn1. The van der Waals surface area contributed by atoms with E-state index in [1.807, 2.05) is 0 Å². The standard InChI is InChI=1S/C17H18F3N7O/c1-10-14(16(28)23-12-4-6-21-9-22-12)15-24-13(5-8-27(15)25-10)26-7-2-3-11(26)17(18,19)20/h4-6,8-11,25H,2-3,7H2,1H3,(H,21,22,23,28). The highest BCUT2D eigenvalue weighted by atomic mass is 19.4. The topological polar surface area (TPSA) is 85.8 Å². The average molecular weight is 393 g/mol. The van der Waals surface area contributed by atoms with Crippen LogP contribution in [0.2, 0.25) is 0 Å². The average Bonchev–Trinajstić information content (AvgIpc) is 3.25. The van der Waals surface area contributed by atoms with Crippen LogP contribution < -0.4 is 10.7 Å². The lowest BCUT2D eigenvalue weighted by molar-refractivity contribution is -0.166. The minimum atomic E-state index is -4.33. The number of anilines is 1. The van der Waals surface area contributed by atoms with Gasteiger partial charge in [-0.15, -0.1) is 0 Å². The zero-order valence-corrected chi connectivity index (χ0v) is 14.9. The molecule has 3 aliphatic rings. The van der Waals surface area contributed by atoms with E-state index in [-0.39, 0.29) is 30.7 Å². The zero-order chi connectivity index (χ0) is 19.9. The van der Waals surface area contributed by atoms with Crippen molar-refractivity contribution in [1.82, 2.24) is 25.3 Å². The van der Waals surface area contributed by atoms with Crippen LogP contribution in [0.25, 0.3) is 0 Å². The van der Waals surface area contributed by atoms with Gasteiger partial charge in [0.1, 0.15) is 24.0 Å². The summed E-state index contributed by atoms with van der Waals surface area (Å²) in [5.41, 5.74) is 3.38. The van der Waals surface area contributed by atoms with Crippen molar-refractivity contribution in [2.24, 2.45) is 4.99 Å². The van der Waals surface area contributed by atoms with E-state index in [0.717, 1.165) is 0 Å². The molecule has 2 N–H and O–H groups in total. The number of hydrogen-bond acceptors (Lipinski definition) is 7. The lowest BCUT2D eigenvalue weighted by atomic mass is 10.1. The molecule has 4 rings (SSSR count). The number of aromatic nitrogens is 2. The van der Waals surface area contributed by atoms with E-state index in [0.29, 0.717) is 17.8 Å². The number of amides is 1. The van der Waals surface area contributed by atoms with E-state index in [2.05, 4.69) is 25.7 Å². The van der Waals surface area contributed by atoms with Crippen LogP contribution in [-0.4, -0.2) is 56.4 Å². The number of likely N-dealkylation sites (tertiary alicyclic amines) is 1. The van der Waals surface area contributed by atoms with E-state index < -0.39 is 18.1 Å². The van der Waals surface area contributed by atoms with Gasteiger partial charge in [-0.25, -0.2) is 20.4 Å². The Morgan fingerprint density at radius 1 is 1.39 bits per heavy atom. The Kier molecular flexibility index (Phi) is 4.53. The van der Waals surface area contributed by atoms with Gasteiger partial charge in [-0.05, 0) is 31.9 Å².